The van der Waals surface area contributed by atoms with E-state index in [0.29, 0.717) is 6.10 Å². The summed E-state index contributed by atoms with van der Waals surface area (Å²) in [6.07, 6.45) is 4.51. The van der Waals surface area contributed by atoms with E-state index in [2.05, 4.69) is 27.8 Å². The second-order valence-corrected chi connectivity index (χ2v) is 4.80. The van der Waals surface area contributed by atoms with Gasteiger partial charge in [0.05, 0.1) is 23.6 Å². The van der Waals surface area contributed by atoms with Gasteiger partial charge in [0.15, 0.2) is 0 Å². The Hall–Kier alpha value is -1.95. The van der Waals surface area contributed by atoms with E-state index >= 15 is 0 Å². The quantitative estimate of drug-likeness (QED) is 0.904. The average Bonchev–Trinajstić information content (AvgIpc) is 3.08. The molecule has 2 aromatic rings. The minimum absolute atomic E-state index is 0.289. The summed E-state index contributed by atoms with van der Waals surface area (Å²) < 4.78 is 7.46. The standard InChI is InChI=1S/C13H17N5O/c1-10-6-7-11(19-10)8-14-12-4-2-3-5-13(12)18-9-15-16-17-18/h2-5,9-11,14H,6-8H2,1H3. The van der Waals surface area contributed by atoms with Crippen molar-refractivity contribution in [2.75, 3.05) is 11.9 Å². The van der Waals surface area contributed by atoms with E-state index in [9.17, 15) is 0 Å². The van der Waals surface area contributed by atoms with Gasteiger partial charge in [-0.05, 0) is 42.3 Å². The predicted octanol–water partition coefficient (Wildman–Crippen LogP) is 1.64. The van der Waals surface area contributed by atoms with Gasteiger partial charge in [-0.15, -0.1) is 5.10 Å². The molecule has 1 aliphatic rings. The Morgan fingerprint density at radius 1 is 1.37 bits per heavy atom. The number of nitrogens with one attached hydrogen (secondary N) is 1. The molecule has 0 radical (unpaired) electrons. The van der Waals surface area contributed by atoms with Gasteiger partial charge in [-0.1, -0.05) is 12.1 Å². The summed E-state index contributed by atoms with van der Waals surface area (Å²) in [4.78, 5) is 0. The third-order valence-electron chi connectivity index (χ3n) is 3.34. The zero-order valence-electron chi connectivity index (χ0n) is 10.9. The summed E-state index contributed by atoms with van der Waals surface area (Å²) >= 11 is 0. The maximum absolute atomic E-state index is 5.80. The van der Waals surface area contributed by atoms with Crippen molar-refractivity contribution in [2.24, 2.45) is 0 Å². The van der Waals surface area contributed by atoms with E-state index in [-0.39, 0.29) is 6.10 Å². The largest absolute Gasteiger partial charge is 0.381 e. The zero-order valence-corrected chi connectivity index (χ0v) is 10.9. The molecule has 1 saturated heterocycles. The highest BCUT2D eigenvalue weighted by atomic mass is 16.5. The van der Waals surface area contributed by atoms with Gasteiger partial charge in [0.2, 0.25) is 0 Å². The van der Waals surface area contributed by atoms with E-state index in [1.807, 2.05) is 24.3 Å². The third-order valence-corrected chi connectivity index (χ3v) is 3.34. The molecular formula is C13H17N5O. The smallest absolute Gasteiger partial charge is 0.143 e. The number of ether oxygens (including phenoxy) is 1. The molecule has 0 bridgehead atoms. The minimum Gasteiger partial charge on any atom is -0.381 e. The lowest BCUT2D eigenvalue weighted by Gasteiger charge is -2.15. The van der Waals surface area contributed by atoms with Crippen LogP contribution >= 0.6 is 0 Å². The monoisotopic (exact) mass is 259 g/mol. The normalized spacial score (nSPS) is 22.6. The molecule has 1 N–H and O–H groups in total. The molecule has 100 valence electrons. The van der Waals surface area contributed by atoms with Crippen LogP contribution in [0.1, 0.15) is 19.8 Å². The lowest BCUT2D eigenvalue weighted by Crippen LogP contribution is -2.20. The van der Waals surface area contributed by atoms with Crippen LogP contribution in [0.5, 0.6) is 0 Å². The van der Waals surface area contributed by atoms with Crippen molar-refractivity contribution >= 4 is 5.69 Å². The fraction of sp³-hybridized carbons (Fsp3) is 0.462. The molecule has 0 saturated carbocycles. The van der Waals surface area contributed by atoms with Gasteiger partial charge in [0, 0.05) is 6.54 Å². The summed E-state index contributed by atoms with van der Waals surface area (Å²) in [5.41, 5.74) is 1.96. The number of para-hydroxylation sites is 2. The first-order valence-corrected chi connectivity index (χ1v) is 6.54. The highest BCUT2D eigenvalue weighted by Crippen LogP contribution is 2.22. The Morgan fingerprint density at radius 3 is 3.00 bits per heavy atom. The van der Waals surface area contributed by atoms with Crippen molar-refractivity contribution in [2.45, 2.75) is 32.0 Å². The Labute approximate surface area is 111 Å². The molecule has 0 spiro atoms. The number of hydrogen-bond acceptors (Lipinski definition) is 5. The van der Waals surface area contributed by atoms with E-state index < -0.39 is 0 Å². The number of nitrogens with zero attached hydrogens (tertiary/aromatic N) is 4. The molecular weight excluding hydrogens is 242 g/mol. The molecule has 6 heteroatoms. The van der Waals surface area contributed by atoms with Crippen LogP contribution in [-0.2, 0) is 4.74 Å². The summed E-state index contributed by atoms with van der Waals surface area (Å²) in [6, 6.07) is 7.97. The van der Waals surface area contributed by atoms with Crippen molar-refractivity contribution in [3.05, 3.63) is 30.6 Å². The summed E-state index contributed by atoms with van der Waals surface area (Å²) in [5, 5.41) is 14.7. The number of anilines is 1. The number of benzene rings is 1. The number of hydrogen-bond donors (Lipinski definition) is 1. The molecule has 6 nitrogen and oxygen atoms in total. The Morgan fingerprint density at radius 2 is 2.26 bits per heavy atom. The van der Waals surface area contributed by atoms with Gasteiger partial charge in [-0.2, -0.15) is 4.68 Å². The molecule has 19 heavy (non-hydrogen) atoms. The van der Waals surface area contributed by atoms with Crippen molar-refractivity contribution in [1.29, 1.82) is 0 Å². The van der Waals surface area contributed by atoms with Crippen LogP contribution in [0.4, 0.5) is 5.69 Å². The van der Waals surface area contributed by atoms with Crippen LogP contribution < -0.4 is 5.32 Å². The summed E-state index contributed by atoms with van der Waals surface area (Å²) in [6.45, 7) is 2.93. The molecule has 1 aromatic carbocycles. The third kappa shape index (κ3) is 2.73. The van der Waals surface area contributed by atoms with E-state index in [1.54, 1.807) is 11.0 Å². The van der Waals surface area contributed by atoms with E-state index in [0.717, 1.165) is 30.8 Å². The Balaban J connectivity index is 1.71. The molecule has 0 amide bonds. The second kappa shape index (κ2) is 5.36. The van der Waals surface area contributed by atoms with Crippen LogP contribution in [0.2, 0.25) is 0 Å². The highest BCUT2D eigenvalue weighted by Gasteiger charge is 2.21. The number of tetrazole rings is 1. The topological polar surface area (TPSA) is 64.9 Å². The fourth-order valence-corrected chi connectivity index (χ4v) is 2.35. The molecule has 3 rings (SSSR count). The summed E-state index contributed by atoms with van der Waals surface area (Å²) in [7, 11) is 0. The van der Waals surface area contributed by atoms with Crippen molar-refractivity contribution < 1.29 is 4.74 Å². The van der Waals surface area contributed by atoms with Crippen molar-refractivity contribution in [1.82, 2.24) is 20.2 Å². The molecule has 0 aliphatic carbocycles. The van der Waals surface area contributed by atoms with Gasteiger partial charge < -0.3 is 10.1 Å². The van der Waals surface area contributed by atoms with Gasteiger partial charge in [0.25, 0.3) is 0 Å². The molecule has 2 atom stereocenters. The molecule has 2 unspecified atom stereocenters. The van der Waals surface area contributed by atoms with Crippen LogP contribution in [0.3, 0.4) is 0 Å². The van der Waals surface area contributed by atoms with Gasteiger partial charge in [-0.25, -0.2) is 0 Å². The predicted molar refractivity (Wildman–Crippen MR) is 71.2 cm³/mol. The first-order chi connectivity index (χ1) is 9.33. The van der Waals surface area contributed by atoms with Crippen LogP contribution in [0, 0.1) is 0 Å². The first-order valence-electron chi connectivity index (χ1n) is 6.54. The van der Waals surface area contributed by atoms with Crippen molar-refractivity contribution in [3.63, 3.8) is 0 Å². The second-order valence-electron chi connectivity index (χ2n) is 4.80. The average molecular weight is 259 g/mol. The fourth-order valence-electron chi connectivity index (χ4n) is 2.35. The molecule has 1 aliphatic heterocycles. The maximum atomic E-state index is 5.80. The summed E-state index contributed by atoms with van der Waals surface area (Å²) in [5.74, 6) is 0. The number of rotatable bonds is 4. The molecule has 1 fully saturated rings. The molecule has 2 heterocycles. The SMILES string of the molecule is CC1CCC(CNc2ccccc2-n2cnnn2)O1. The zero-order chi connectivity index (χ0) is 13.1. The van der Waals surface area contributed by atoms with Gasteiger partial charge >= 0.3 is 0 Å². The Kier molecular flexibility index (Phi) is 3.41. The van der Waals surface area contributed by atoms with E-state index in [4.69, 9.17) is 4.74 Å². The van der Waals surface area contributed by atoms with Gasteiger partial charge in [-0.3, -0.25) is 0 Å². The number of aromatic nitrogens is 4. The van der Waals surface area contributed by atoms with Crippen molar-refractivity contribution in [3.8, 4) is 5.69 Å². The molecule has 1 aromatic heterocycles. The lowest BCUT2D eigenvalue weighted by molar-refractivity contribution is 0.0637. The highest BCUT2D eigenvalue weighted by molar-refractivity contribution is 5.60. The van der Waals surface area contributed by atoms with Crippen LogP contribution in [-0.4, -0.2) is 39.0 Å². The minimum atomic E-state index is 0.289. The Bertz CT molecular complexity index is 528. The lowest BCUT2D eigenvalue weighted by atomic mass is 10.2. The van der Waals surface area contributed by atoms with Crippen LogP contribution in [0.15, 0.2) is 30.6 Å². The van der Waals surface area contributed by atoms with E-state index in [1.165, 1.54) is 0 Å². The first kappa shape index (κ1) is 12.1. The van der Waals surface area contributed by atoms with Gasteiger partial charge in [0.1, 0.15) is 6.33 Å². The maximum Gasteiger partial charge on any atom is 0.143 e. The van der Waals surface area contributed by atoms with Crippen LogP contribution in [0.25, 0.3) is 5.69 Å².